The number of aromatic nitrogens is 4. The van der Waals surface area contributed by atoms with Crippen LogP contribution in [0.3, 0.4) is 0 Å². The van der Waals surface area contributed by atoms with E-state index >= 15 is 0 Å². The minimum Gasteiger partial charge on any atom is -0.467 e. The number of nitrogens with one attached hydrogen (secondary N) is 3. The second kappa shape index (κ2) is 8.99. The first-order chi connectivity index (χ1) is 14.7. The molecule has 0 aliphatic rings. The number of rotatable bonds is 8. The number of hydrogen-bond acceptors (Lipinski definition) is 8. The third-order valence-corrected chi connectivity index (χ3v) is 4.28. The molecule has 1 aromatic carbocycles. The molecule has 0 radical (unpaired) electrons. The van der Waals surface area contributed by atoms with Crippen molar-refractivity contribution in [2.75, 3.05) is 16.0 Å². The molecule has 0 saturated heterocycles. The maximum absolute atomic E-state index is 13.2. The number of benzene rings is 1. The van der Waals surface area contributed by atoms with Gasteiger partial charge in [-0.3, -0.25) is 4.98 Å². The van der Waals surface area contributed by atoms with E-state index in [4.69, 9.17) is 4.42 Å². The summed E-state index contributed by atoms with van der Waals surface area (Å²) in [7, 11) is 0. The molecule has 0 aliphatic heterocycles. The predicted molar refractivity (Wildman–Crippen MR) is 112 cm³/mol. The molecule has 0 spiro atoms. The lowest BCUT2D eigenvalue weighted by molar-refractivity contribution is 0.518. The van der Waals surface area contributed by atoms with Crippen molar-refractivity contribution in [1.82, 2.24) is 19.9 Å². The summed E-state index contributed by atoms with van der Waals surface area (Å²) in [5.41, 5.74) is 0.914. The summed E-state index contributed by atoms with van der Waals surface area (Å²) in [4.78, 5) is 17.3. The molecule has 152 valence electrons. The first kappa shape index (κ1) is 19.3. The van der Waals surface area contributed by atoms with Gasteiger partial charge in [-0.2, -0.15) is 9.97 Å². The van der Waals surface area contributed by atoms with E-state index in [-0.39, 0.29) is 11.9 Å². The lowest BCUT2D eigenvalue weighted by Gasteiger charge is -2.16. The monoisotopic (exact) mass is 405 g/mol. The minimum absolute atomic E-state index is 0.129. The molecule has 8 nitrogen and oxygen atoms in total. The second-order valence-corrected chi connectivity index (χ2v) is 6.53. The van der Waals surface area contributed by atoms with E-state index in [9.17, 15) is 4.39 Å². The fraction of sp³-hybridized carbons (Fsp3) is 0.143. The van der Waals surface area contributed by atoms with E-state index in [0.29, 0.717) is 29.9 Å². The molecule has 0 unspecified atom stereocenters. The molecule has 1 atom stereocenters. The maximum Gasteiger partial charge on any atom is 0.227 e. The minimum atomic E-state index is -0.276. The van der Waals surface area contributed by atoms with Crippen LogP contribution in [-0.4, -0.2) is 19.9 Å². The molecule has 3 heterocycles. The lowest BCUT2D eigenvalue weighted by atomic mass is 10.1. The molecule has 30 heavy (non-hydrogen) atoms. The third kappa shape index (κ3) is 5.07. The number of halogens is 1. The van der Waals surface area contributed by atoms with Gasteiger partial charge in [0.15, 0.2) is 0 Å². The van der Waals surface area contributed by atoms with Crippen molar-refractivity contribution in [1.29, 1.82) is 0 Å². The Bertz CT molecular complexity index is 1070. The Morgan fingerprint density at radius 3 is 2.60 bits per heavy atom. The zero-order valence-corrected chi connectivity index (χ0v) is 16.2. The predicted octanol–water partition coefficient (Wildman–Crippen LogP) is 4.53. The third-order valence-electron chi connectivity index (χ3n) is 4.28. The highest BCUT2D eigenvalue weighted by Gasteiger charge is 2.11. The molecule has 4 rings (SSSR count). The van der Waals surface area contributed by atoms with E-state index in [1.54, 1.807) is 43.1 Å². The summed E-state index contributed by atoms with van der Waals surface area (Å²) in [6, 6.07) is 11.7. The average Bonchev–Trinajstić information content (AvgIpc) is 3.27. The largest absolute Gasteiger partial charge is 0.467 e. The van der Waals surface area contributed by atoms with Gasteiger partial charge in [0.25, 0.3) is 0 Å². The Labute approximate surface area is 172 Å². The van der Waals surface area contributed by atoms with Gasteiger partial charge in [0.1, 0.15) is 29.0 Å². The number of nitrogens with zero attached hydrogens (tertiary/aromatic N) is 4. The van der Waals surface area contributed by atoms with Crippen LogP contribution in [0.25, 0.3) is 0 Å². The van der Waals surface area contributed by atoms with Crippen LogP contribution in [0.15, 0.2) is 71.7 Å². The number of hydrogen-bond donors (Lipinski definition) is 3. The number of anilines is 4. The van der Waals surface area contributed by atoms with Crippen LogP contribution in [0.1, 0.15) is 24.3 Å². The van der Waals surface area contributed by atoms with Crippen LogP contribution < -0.4 is 16.0 Å². The van der Waals surface area contributed by atoms with E-state index in [2.05, 4.69) is 35.9 Å². The zero-order valence-electron chi connectivity index (χ0n) is 16.2. The quantitative estimate of drug-likeness (QED) is 0.393. The van der Waals surface area contributed by atoms with Crippen LogP contribution in [0.5, 0.6) is 0 Å². The van der Waals surface area contributed by atoms with Gasteiger partial charge in [-0.05, 0) is 36.8 Å². The molecule has 9 heteroatoms. The Hall–Kier alpha value is -4.01. The van der Waals surface area contributed by atoms with Crippen molar-refractivity contribution in [2.45, 2.75) is 19.5 Å². The highest BCUT2D eigenvalue weighted by molar-refractivity contribution is 5.58. The van der Waals surface area contributed by atoms with E-state index < -0.39 is 0 Å². The van der Waals surface area contributed by atoms with Gasteiger partial charge in [-0.1, -0.05) is 12.1 Å². The molecular weight excluding hydrogens is 385 g/mol. The molecule has 0 fully saturated rings. The van der Waals surface area contributed by atoms with Crippen LogP contribution >= 0.6 is 0 Å². The highest BCUT2D eigenvalue weighted by atomic mass is 19.1. The van der Waals surface area contributed by atoms with Gasteiger partial charge in [-0.15, -0.1) is 0 Å². The van der Waals surface area contributed by atoms with Crippen molar-refractivity contribution in [3.63, 3.8) is 0 Å². The first-order valence-corrected chi connectivity index (χ1v) is 9.36. The van der Waals surface area contributed by atoms with Gasteiger partial charge in [0.05, 0.1) is 25.0 Å². The summed E-state index contributed by atoms with van der Waals surface area (Å²) in [6.07, 6.45) is 6.41. The van der Waals surface area contributed by atoms with Crippen LogP contribution in [0.4, 0.5) is 27.8 Å². The van der Waals surface area contributed by atoms with E-state index in [1.165, 1.54) is 12.1 Å². The topological polar surface area (TPSA) is 101 Å². The normalized spacial score (nSPS) is 11.7. The van der Waals surface area contributed by atoms with Gasteiger partial charge < -0.3 is 20.4 Å². The second-order valence-electron chi connectivity index (χ2n) is 6.53. The molecule has 0 saturated carbocycles. The highest BCUT2D eigenvalue weighted by Crippen LogP contribution is 2.22. The van der Waals surface area contributed by atoms with Gasteiger partial charge in [0.2, 0.25) is 5.95 Å². The SMILES string of the molecule is C[C@H](Nc1nc(NCc2ccco2)cc(Nc2cnccn2)n1)c1ccc(F)cc1. The zero-order chi connectivity index (χ0) is 20.8. The molecule has 0 aliphatic carbocycles. The van der Waals surface area contributed by atoms with E-state index in [1.807, 2.05) is 19.1 Å². The lowest BCUT2D eigenvalue weighted by Crippen LogP contribution is -2.12. The average molecular weight is 405 g/mol. The van der Waals surface area contributed by atoms with Crippen LogP contribution in [-0.2, 0) is 6.54 Å². The van der Waals surface area contributed by atoms with Gasteiger partial charge in [0, 0.05) is 18.5 Å². The Morgan fingerprint density at radius 1 is 1.03 bits per heavy atom. The summed E-state index contributed by atoms with van der Waals surface area (Å²) in [5.74, 6) is 2.62. The fourth-order valence-electron chi connectivity index (χ4n) is 2.78. The van der Waals surface area contributed by atoms with Crippen LogP contribution in [0, 0.1) is 5.82 Å². The number of furan rings is 1. The molecule has 3 N–H and O–H groups in total. The Balaban J connectivity index is 1.56. The molecule has 0 bridgehead atoms. The smallest absolute Gasteiger partial charge is 0.227 e. The van der Waals surface area contributed by atoms with Gasteiger partial charge >= 0.3 is 0 Å². The molecular formula is C21H20FN7O. The first-order valence-electron chi connectivity index (χ1n) is 9.36. The Kier molecular flexibility index (Phi) is 5.79. The summed E-state index contributed by atoms with van der Waals surface area (Å²) < 4.78 is 18.6. The molecule has 0 amide bonds. The maximum atomic E-state index is 13.2. The van der Waals surface area contributed by atoms with Crippen LogP contribution in [0.2, 0.25) is 0 Å². The van der Waals surface area contributed by atoms with Crippen molar-refractivity contribution in [3.05, 3.63) is 84.5 Å². The molecule has 3 aromatic heterocycles. The fourth-order valence-corrected chi connectivity index (χ4v) is 2.78. The summed E-state index contributed by atoms with van der Waals surface area (Å²) >= 11 is 0. The molecule has 4 aromatic rings. The van der Waals surface area contributed by atoms with E-state index in [0.717, 1.165) is 11.3 Å². The van der Waals surface area contributed by atoms with Gasteiger partial charge in [-0.25, -0.2) is 9.37 Å². The van der Waals surface area contributed by atoms with Crippen molar-refractivity contribution >= 4 is 23.4 Å². The van der Waals surface area contributed by atoms with Crippen molar-refractivity contribution in [2.24, 2.45) is 0 Å². The summed E-state index contributed by atoms with van der Waals surface area (Å²) in [6.45, 7) is 2.43. The van der Waals surface area contributed by atoms with Crippen molar-refractivity contribution < 1.29 is 8.81 Å². The van der Waals surface area contributed by atoms with Crippen molar-refractivity contribution in [3.8, 4) is 0 Å². The Morgan fingerprint density at radius 2 is 1.87 bits per heavy atom. The standard InChI is InChI=1S/C21H20FN7O/c1-14(15-4-6-16(22)7-5-15)26-21-28-18(25-12-17-3-2-10-30-17)11-19(29-21)27-20-13-23-8-9-24-20/h2-11,13-14H,12H2,1H3,(H3,24,25,26,27,28,29)/t14-/m0/s1. The summed E-state index contributed by atoms with van der Waals surface area (Å²) in [5, 5.41) is 9.60.